The van der Waals surface area contributed by atoms with Gasteiger partial charge in [-0.25, -0.2) is 0 Å². The molecule has 1 aromatic carbocycles. The third-order valence-electron chi connectivity index (χ3n) is 4.09. The van der Waals surface area contributed by atoms with Crippen LogP contribution in [0.1, 0.15) is 42.9 Å². The van der Waals surface area contributed by atoms with Crippen LogP contribution in [0.4, 0.5) is 0 Å². The predicted octanol–water partition coefficient (Wildman–Crippen LogP) is 3.93. The number of likely N-dealkylation sites (tertiary alicyclic amines) is 1. The van der Waals surface area contributed by atoms with E-state index in [4.69, 9.17) is 0 Å². The van der Waals surface area contributed by atoms with Gasteiger partial charge in [-0.3, -0.25) is 4.90 Å². The SMILES string of the molecule is CCC[C@@H]1CCN(Cc2c(C)cccc2C)C1. The summed E-state index contributed by atoms with van der Waals surface area (Å²) in [6.45, 7) is 10.5. The number of hydrogen-bond donors (Lipinski definition) is 0. The maximum absolute atomic E-state index is 2.63. The van der Waals surface area contributed by atoms with Crippen molar-refractivity contribution in [1.82, 2.24) is 4.90 Å². The number of benzene rings is 1. The van der Waals surface area contributed by atoms with E-state index in [0.29, 0.717) is 0 Å². The number of rotatable bonds is 4. The standard InChI is InChI=1S/C16H25N/c1-4-6-15-9-10-17(11-15)12-16-13(2)7-5-8-14(16)3/h5,7-8,15H,4,6,9-12H2,1-3H3/t15-/m1/s1. The second-order valence-electron chi connectivity index (χ2n) is 5.55. The molecular weight excluding hydrogens is 206 g/mol. The molecule has 1 aliphatic rings. The molecule has 1 heteroatoms. The first kappa shape index (κ1) is 12.6. The second kappa shape index (κ2) is 5.68. The molecule has 1 saturated heterocycles. The van der Waals surface area contributed by atoms with Gasteiger partial charge in [-0.2, -0.15) is 0 Å². The van der Waals surface area contributed by atoms with Crippen LogP contribution in [-0.2, 0) is 6.54 Å². The van der Waals surface area contributed by atoms with E-state index in [9.17, 15) is 0 Å². The minimum absolute atomic E-state index is 0.948. The van der Waals surface area contributed by atoms with Crippen molar-refractivity contribution in [3.05, 3.63) is 34.9 Å². The molecule has 1 atom stereocenters. The van der Waals surface area contributed by atoms with Crippen LogP contribution in [0.25, 0.3) is 0 Å². The lowest BCUT2D eigenvalue weighted by Crippen LogP contribution is -2.21. The van der Waals surface area contributed by atoms with E-state index in [1.807, 2.05) is 0 Å². The summed E-state index contributed by atoms with van der Waals surface area (Å²) in [5.41, 5.74) is 4.44. The van der Waals surface area contributed by atoms with E-state index >= 15 is 0 Å². The third kappa shape index (κ3) is 3.10. The summed E-state index contributed by atoms with van der Waals surface area (Å²) in [7, 11) is 0. The molecule has 0 amide bonds. The third-order valence-corrected chi connectivity index (χ3v) is 4.09. The summed E-state index contributed by atoms with van der Waals surface area (Å²) in [6, 6.07) is 6.64. The highest BCUT2D eigenvalue weighted by Gasteiger charge is 2.22. The zero-order valence-corrected chi connectivity index (χ0v) is 11.5. The molecule has 0 aliphatic carbocycles. The van der Waals surface area contributed by atoms with Crippen LogP contribution in [0.2, 0.25) is 0 Å². The van der Waals surface area contributed by atoms with Crippen molar-refractivity contribution in [1.29, 1.82) is 0 Å². The summed E-state index contributed by atoms with van der Waals surface area (Å²) < 4.78 is 0. The van der Waals surface area contributed by atoms with Crippen molar-refractivity contribution >= 4 is 0 Å². The van der Waals surface area contributed by atoms with Gasteiger partial charge < -0.3 is 0 Å². The van der Waals surface area contributed by atoms with Gasteiger partial charge in [0.25, 0.3) is 0 Å². The molecule has 0 spiro atoms. The number of aryl methyl sites for hydroxylation is 2. The minimum Gasteiger partial charge on any atom is -0.299 e. The van der Waals surface area contributed by atoms with E-state index in [2.05, 4.69) is 43.9 Å². The van der Waals surface area contributed by atoms with Crippen molar-refractivity contribution in [3.8, 4) is 0 Å². The minimum atomic E-state index is 0.948. The molecule has 0 radical (unpaired) electrons. The zero-order valence-electron chi connectivity index (χ0n) is 11.5. The van der Waals surface area contributed by atoms with Crippen molar-refractivity contribution in [2.45, 2.75) is 46.6 Å². The summed E-state index contributed by atoms with van der Waals surface area (Å²) in [6.07, 6.45) is 4.14. The lowest BCUT2D eigenvalue weighted by atomic mass is 10.0. The monoisotopic (exact) mass is 231 g/mol. The first-order valence-electron chi connectivity index (χ1n) is 6.98. The molecule has 17 heavy (non-hydrogen) atoms. The highest BCUT2D eigenvalue weighted by atomic mass is 15.1. The fourth-order valence-electron chi connectivity index (χ4n) is 3.02. The van der Waals surface area contributed by atoms with Gasteiger partial charge in [-0.15, -0.1) is 0 Å². The van der Waals surface area contributed by atoms with E-state index in [0.717, 1.165) is 12.5 Å². The van der Waals surface area contributed by atoms with Crippen molar-refractivity contribution in [2.24, 2.45) is 5.92 Å². The summed E-state index contributed by atoms with van der Waals surface area (Å²) >= 11 is 0. The van der Waals surface area contributed by atoms with E-state index in [-0.39, 0.29) is 0 Å². The maximum Gasteiger partial charge on any atom is 0.0239 e. The molecule has 0 N–H and O–H groups in total. The van der Waals surface area contributed by atoms with Crippen LogP contribution in [0.3, 0.4) is 0 Å². The Morgan fingerprint density at radius 1 is 1.24 bits per heavy atom. The zero-order chi connectivity index (χ0) is 12.3. The fourth-order valence-corrected chi connectivity index (χ4v) is 3.02. The molecular formula is C16H25N. The Balaban J connectivity index is 1.98. The normalized spacial score (nSPS) is 21.0. The van der Waals surface area contributed by atoms with Gasteiger partial charge in [0.05, 0.1) is 0 Å². The first-order chi connectivity index (χ1) is 8.20. The van der Waals surface area contributed by atoms with Gasteiger partial charge in [0, 0.05) is 13.1 Å². The Morgan fingerprint density at radius 2 is 1.94 bits per heavy atom. The Bertz CT molecular complexity index is 350. The fraction of sp³-hybridized carbons (Fsp3) is 0.625. The van der Waals surface area contributed by atoms with Crippen molar-refractivity contribution in [2.75, 3.05) is 13.1 Å². The molecule has 1 fully saturated rings. The summed E-state index contributed by atoms with van der Waals surface area (Å²) in [4.78, 5) is 2.63. The average molecular weight is 231 g/mol. The molecule has 1 nitrogen and oxygen atoms in total. The van der Waals surface area contributed by atoms with Crippen LogP contribution in [0, 0.1) is 19.8 Å². The highest BCUT2D eigenvalue weighted by Crippen LogP contribution is 2.24. The summed E-state index contributed by atoms with van der Waals surface area (Å²) in [5, 5.41) is 0. The number of hydrogen-bond acceptors (Lipinski definition) is 1. The Hall–Kier alpha value is -0.820. The second-order valence-corrected chi connectivity index (χ2v) is 5.55. The topological polar surface area (TPSA) is 3.24 Å². The lowest BCUT2D eigenvalue weighted by molar-refractivity contribution is 0.311. The van der Waals surface area contributed by atoms with Gasteiger partial charge in [0.1, 0.15) is 0 Å². The van der Waals surface area contributed by atoms with Crippen LogP contribution >= 0.6 is 0 Å². The largest absolute Gasteiger partial charge is 0.299 e. The van der Waals surface area contributed by atoms with Gasteiger partial charge >= 0.3 is 0 Å². The van der Waals surface area contributed by atoms with Gasteiger partial charge in [0.15, 0.2) is 0 Å². The molecule has 0 saturated carbocycles. The molecule has 0 unspecified atom stereocenters. The summed E-state index contributed by atoms with van der Waals surface area (Å²) in [5.74, 6) is 0.948. The van der Waals surface area contributed by atoms with Gasteiger partial charge in [0.2, 0.25) is 0 Å². The number of nitrogens with zero attached hydrogens (tertiary/aromatic N) is 1. The van der Waals surface area contributed by atoms with Crippen molar-refractivity contribution in [3.63, 3.8) is 0 Å². The van der Waals surface area contributed by atoms with Crippen LogP contribution in [0.15, 0.2) is 18.2 Å². The Kier molecular flexibility index (Phi) is 4.22. The van der Waals surface area contributed by atoms with Crippen LogP contribution < -0.4 is 0 Å². The van der Waals surface area contributed by atoms with E-state index in [1.165, 1.54) is 43.5 Å². The first-order valence-corrected chi connectivity index (χ1v) is 6.98. The highest BCUT2D eigenvalue weighted by molar-refractivity contribution is 5.33. The molecule has 0 bridgehead atoms. The Labute approximate surface area is 106 Å². The molecule has 94 valence electrons. The maximum atomic E-state index is 2.63. The Morgan fingerprint density at radius 3 is 2.59 bits per heavy atom. The lowest BCUT2D eigenvalue weighted by Gasteiger charge is -2.19. The smallest absolute Gasteiger partial charge is 0.0239 e. The van der Waals surface area contributed by atoms with E-state index in [1.54, 1.807) is 5.56 Å². The van der Waals surface area contributed by atoms with Gasteiger partial charge in [-0.05, 0) is 55.8 Å². The molecule has 1 heterocycles. The van der Waals surface area contributed by atoms with E-state index < -0.39 is 0 Å². The van der Waals surface area contributed by atoms with Gasteiger partial charge in [-0.1, -0.05) is 31.5 Å². The molecule has 2 rings (SSSR count). The van der Waals surface area contributed by atoms with Crippen LogP contribution in [0.5, 0.6) is 0 Å². The molecule has 1 aromatic rings. The van der Waals surface area contributed by atoms with Crippen LogP contribution in [-0.4, -0.2) is 18.0 Å². The molecule has 1 aliphatic heterocycles. The molecule has 0 aromatic heterocycles. The quantitative estimate of drug-likeness (QED) is 0.759. The predicted molar refractivity (Wildman–Crippen MR) is 74.2 cm³/mol. The van der Waals surface area contributed by atoms with Crippen molar-refractivity contribution < 1.29 is 0 Å². The average Bonchev–Trinajstić information content (AvgIpc) is 2.72.